The maximum Gasteiger partial charge on any atom is 0.407 e. The number of halogens is 3. The number of ether oxygens (including phenoxy) is 2. The summed E-state index contributed by atoms with van der Waals surface area (Å²) in [7, 11) is 3.73. The molecule has 1 unspecified atom stereocenters. The molecule has 0 radical (unpaired) electrons. The van der Waals surface area contributed by atoms with Crippen molar-refractivity contribution in [3.05, 3.63) is 35.5 Å². The number of hydrogen-bond acceptors (Lipinski definition) is 8. The Balaban J connectivity index is 2.92. The van der Waals surface area contributed by atoms with Crippen LogP contribution >= 0.6 is 0 Å². The minimum absolute atomic E-state index is 0.00637. The van der Waals surface area contributed by atoms with Gasteiger partial charge in [-0.2, -0.15) is 8.78 Å². The molecule has 0 bridgehead atoms. The van der Waals surface area contributed by atoms with Crippen LogP contribution in [0.1, 0.15) is 53.9 Å². The third-order valence-corrected chi connectivity index (χ3v) is 6.39. The summed E-state index contributed by atoms with van der Waals surface area (Å²) in [6, 6.07) is -0.0681. The van der Waals surface area contributed by atoms with Gasteiger partial charge >= 0.3 is 12.0 Å². The molecular weight excluding hydrogens is 609 g/mol. The third-order valence-electron chi connectivity index (χ3n) is 6.39. The molecule has 0 aliphatic heterocycles. The van der Waals surface area contributed by atoms with Crippen LogP contribution in [0.15, 0.2) is 50.5 Å². The lowest BCUT2D eigenvalue weighted by Crippen LogP contribution is -2.51. The third kappa shape index (κ3) is 14.7. The fourth-order valence-corrected chi connectivity index (χ4v) is 4.16. The number of nitrogens with two attached hydrogens (primary N) is 1. The monoisotopic (exact) mass is 656 g/mol. The highest BCUT2D eigenvalue weighted by molar-refractivity contribution is 6.34. The molecule has 16 heteroatoms. The SMILES string of the molecule is CN=C(C=NC(N)=N/C(C)=C/C(F)=C(\C=C\OC)C(=O)NCCNC(=O)OC(C)(C)C)N(C)C(=O)C(F)(F)CNC1CC[C@H](C)C1. The number of hydrogen-bond donors (Lipinski definition) is 4. The Labute approximate surface area is 268 Å². The highest BCUT2D eigenvalue weighted by Gasteiger charge is 2.42. The molecule has 1 aliphatic rings. The lowest BCUT2D eigenvalue weighted by Gasteiger charge is -2.24. The van der Waals surface area contributed by atoms with Gasteiger partial charge in [-0.25, -0.2) is 19.2 Å². The van der Waals surface area contributed by atoms with Crippen LogP contribution in [0, 0.1) is 5.92 Å². The van der Waals surface area contributed by atoms with Crippen molar-refractivity contribution < 1.29 is 37.0 Å². The van der Waals surface area contributed by atoms with Crippen LogP contribution in [0.25, 0.3) is 0 Å². The van der Waals surface area contributed by atoms with Crippen molar-refractivity contribution in [2.24, 2.45) is 26.6 Å². The molecule has 2 atom stereocenters. The zero-order valence-electron chi connectivity index (χ0n) is 27.7. The number of aliphatic imine (C=N–C) groups is 3. The molecule has 5 N–H and O–H groups in total. The van der Waals surface area contributed by atoms with Crippen molar-refractivity contribution in [2.45, 2.75) is 71.4 Å². The Morgan fingerprint density at radius 2 is 1.78 bits per heavy atom. The first kappa shape index (κ1) is 39.8. The lowest BCUT2D eigenvalue weighted by molar-refractivity contribution is -0.151. The summed E-state index contributed by atoms with van der Waals surface area (Å²) in [6.07, 6.45) is 5.90. The number of guanidine groups is 1. The number of alkyl carbamates (subject to hydrolysis) is 1. The molecule has 0 saturated heterocycles. The molecule has 0 aromatic heterocycles. The Morgan fingerprint density at radius 3 is 2.35 bits per heavy atom. The van der Waals surface area contributed by atoms with Gasteiger partial charge in [0.2, 0.25) is 5.96 Å². The number of amidine groups is 1. The van der Waals surface area contributed by atoms with Gasteiger partial charge in [-0.3, -0.25) is 19.5 Å². The molecule has 13 nitrogen and oxygen atoms in total. The minimum Gasteiger partial charge on any atom is -0.504 e. The van der Waals surface area contributed by atoms with E-state index >= 15 is 4.39 Å². The zero-order valence-corrected chi connectivity index (χ0v) is 27.7. The first-order chi connectivity index (χ1) is 21.4. The molecule has 0 aromatic rings. The van der Waals surface area contributed by atoms with E-state index in [1.165, 1.54) is 21.1 Å². The average Bonchev–Trinajstić information content (AvgIpc) is 3.38. The van der Waals surface area contributed by atoms with Gasteiger partial charge in [-0.1, -0.05) is 6.92 Å². The van der Waals surface area contributed by atoms with Gasteiger partial charge in [-0.05, 0) is 65.0 Å². The van der Waals surface area contributed by atoms with Crippen molar-refractivity contribution in [2.75, 3.05) is 40.8 Å². The maximum atomic E-state index is 15.1. The van der Waals surface area contributed by atoms with E-state index in [2.05, 4.69) is 37.9 Å². The first-order valence-corrected chi connectivity index (χ1v) is 14.7. The van der Waals surface area contributed by atoms with Gasteiger partial charge < -0.3 is 31.2 Å². The fraction of sp³-hybridized carbons (Fsp3) is 0.600. The molecule has 1 aliphatic carbocycles. The molecule has 1 fully saturated rings. The standard InChI is InChI=1S/C30H47F3N8O5/c1-19-9-10-21(15-19)39-18-30(32,33)26(43)41(7)24(35-6)17-38-27(34)40-20(2)16-23(31)22(11-14-45-8)25(42)36-12-13-37-28(44)46-29(3,4)5/h11,14,16-17,19,21,39H,9-10,12-13,15,18H2,1-8H3,(H2,34,40)(H,36,42)(H,37,44)/b14-11+,20-16+,23-22-,35-24?,38-17?/t19-,21?/m0/s1. The molecule has 3 amide bonds. The summed E-state index contributed by atoms with van der Waals surface area (Å²) in [5.41, 5.74) is 4.70. The predicted molar refractivity (Wildman–Crippen MR) is 171 cm³/mol. The van der Waals surface area contributed by atoms with E-state index in [-0.39, 0.29) is 30.7 Å². The molecule has 0 heterocycles. The number of amides is 3. The van der Waals surface area contributed by atoms with Gasteiger partial charge in [0.05, 0.1) is 31.7 Å². The second-order valence-electron chi connectivity index (χ2n) is 11.6. The topological polar surface area (TPSA) is 172 Å². The van der Waals surface area contributed by atoms with Crippen molar-refractivity contribution in [1.29, 1.82) is 0 Å². The smallest absolute Gasteiger partial charge is 0.407 e. The molecule has 0 spiro atoms. The summed E-state index contributed by atoms with van der Waals surface area (Å²) in [4.78, 5) is 49.1. The number of nitrogens with one attached hydrogen (secondary N) is 3. The Morgan fingerprint density at radius 1 is 1.13 bits per heavy atom. The molecule has 1 rings (SSSR count). The summed E-state index contributed by atoms with van der Waals surface area (Å²) in [5, 5.41) is 7.71. The van der Waals surface area contributed by atoms with Crippen molar-refractivity contribution in [3.63, 3.8) is 0 Å². The first-order valence-electron chi connectivity index (χ1n) is 14.7. The summed E-state index contributed by atoms with van der Waals surface area (Å²) in [5.74, 6) is -7.15. The van der Waals surface area contributed by atoms with Gasteiger partial charge in [0.1, 0.15) is 17.3 Å². The van der Waals surface area contributed by atoms with Crippen LogP contribution in [0.3, 0.4) is 0 Å². The summed E-state index contributed by atoms with van der Waals surface area (Å²) >= 11 is 0. The minimum atomic E-state index is -3.69. The number of rotatable bonds is 13. The van der Waals surface area contributed by atoms with E-state index in [4.69, 9.17) is 15.2 Å². The normalized spacial score (nSPS) is 18.9. The quantitative estimate of drug-likeness (QED) is 0.0589. The van der Waals surface area contributed by atoms with Crippen molar-refractivity contribution >= 4 is 35.9 Å². The van der Waals surface area contributed by atoms with Crippen LogP contribution in [-0.4, -0.2) is 99.2 Å². The largest absolute Gasteiger partial charge is 0.504 e. The van der Waals surface area contributed by atoms with E-state index in [1.807, 2.05) is 0 Å². The highest BCUT2D eigenvalue weighted by atomic mass is 19.3. The number of alkyl halides is 2. The van der Waals surface area contributed by atoms with E-state index in [1.54, 1.807) is 20.8 Å². The van der Waals surface area contributed by atoms with E-state index in [9.17, 15) is 23.2 Å². The van der Waals surface area contributed by atoms with Gasteiger partial charge in [0.15, 0.2) is 0 Å². The Kier molecular flexibility index (Phi) is 16.2. The number of carbonyl (C=O) groups excluding carboxylic acids is 3. The number of carbonyl (C=O) groups is 3. The van der Waals surface area contributed by atoms with Crippen molar-refractivity contribution in [3.8, 4) is 0 Å². The van der Waals surface area contributed by atoms with Crippen LogP contribution in [-0.2, 0) is 19.1 Å². The fourth-order valence-electron chi connectivity index (χ4n) is 4.16. The second-order valence-corrected chi connectivity index (χ2v) is 11.6. The molecule has 46 heavy (non-hydrogen) atoms. The van der Waals surface area contributed by atoms with Crippen LogP contribution in [0.5, 0.6) is 0 Å². The number of methoxy groups -OCH3 is 1. The van der Waals surface area contributed by atoms with E-state index < -0.39 is 53.3 Å². The highest BCUT2D eigenvalue weighted by Crippen LogP contribution is 2.26. The zero-order chi connectivity index (χ0) is 35.1. The molecule has 0 aromatic carbocycles. The van der Waals surface area contributed by atoms with Gasteiger partial charge in [0, 0.05) is 38.9 Å². The van der Waals surface area contributed by atoms with Crippen molar-refractivity contribution in [1.82, 2.24) is 20.9 Å². The van der Waals surface area contributed by atoms with Gasteiger partial charge in [0.25, 0.3) is 11.8 Å². The lowest BCUT2D eigenvalue weighted by atomic mass is 10.1. The molecular formula is C30H47F3N8O5. The Bertz CT molecular complexity index is 1260. The summed E-state index contributed by atoms with van der Waals surface area (Å²) in [6.45, 7) is 7.73. The number of nitrogens with zero attached hydrogens (tertiary/aromatic N) is 4. The molecule has 1 saturated carbocycles. The van der Waals surface area contributed by atoms with E-state index in [0.29, 0.717) is 10.8 Å². The van der Waals surface area contributed by atoms with Crippen LogP contribution in [0.2, 0.25) is 0 Å². The van der Waals surface area contributed by atoms with E-state index in [0.717, 1.165) is 50.9 Å². The predicted octanol–water partition coefficient (Wildman–Crippen LogP) is 3.20. The number of allylic oxidation sites excluding steroid dienone is 3. The van der Waals surface area contributed by atoms with Crippen LogP contribution in [0.4, 0.5) is 18.0 Å². The Hall–Kier alpha value is -4.21. The second kappa shape index (κ2) is 18.7. The van der Waals surface area contributed by atoms with Crippen LogP contribution < -0.4 is 21.7 Å². The maximum absolute atomic E-state index is 15.1. The van der Waals surface area contributed by atoms with Gasteiger partial charge in [-0.15, -0.1) is 0 Å². The molecule has 258 valence electrons. The average molecular weight is 657 g/mol. The summed E-state index contributed by atoms with van der Waals surface area (Å²) < 4.78 is 54.3.